The maximum atomic E-state index is 5.39. The van der Waals surface area contributed by atoms with E-state index in [1.165, 1.54) is 5.56 Å². The molecule has 0 unspecified atom stereocenters. The van der Waals surface area contributed by atoms with Gasteiger partial charge in [0.15, 0.2) is 0 Å². The minimum Gasteiger partial charge on any atom is -0.0798 e. The second-order valence-corrected chi connectivity index (χ2v) is 6.56. The summed E-state index contributed by atoms with van der Waals surface area (Å²) < 4.78 is 0. The van der Waals surface area contributed by atoms with E-state index in [0.717, 1.165) is 11.3 Å². The van der Waals surface area contributed by atoms with Gasteiger partial charge < -0.3 is 0 Å². The fourth-order valence-electron chi connectivity index (χ4n) is 2.45. The Morgan fingerprint density at radius 2 is 1.53 bits per heavy atom. The van der Waals surface area contributed by atoms with Gasteiger partial charge in [0, 0.05) is 4.90 Å². The third kappa shape index (κ3) is 3.49. The standard InChI is InChI=1S/C14H21S/c1-13(2,3)10-14(4,5)11-8-6-7-9-12(11)15/h6-9H,10H2,1-5H3. The van der Waals surface area contributed by atoms with Crippen molar-refractivity contribution in [3.63, 3.8) is 0 Å². The first kappa shape index (κ1) is 12.5. The molecule has 0 N–H and O–H groups in total. The van der Waals surface area contributed by atoms with E-state index in [-0.39, 0.29) is 5.41 Å². The van der Waals surface area contributed by atoms with Crippen molar-refractivity contribution < 1.29 is 0 Å². The van der Waals surface area contributed by atoms with Crippen LogP contribution in [-0.2, 0) is 5.41 Å². The molecule has 0 saturated heterocycles. The summed E-state index contributed by atoms with van der Waals surface area (Å²) in [6, 6.07) is 8.28. The van der Waals surface area contributed by atoms with Crippen LogP contribution >= 0.6 is 12.6 Å². The van der Waals surface area contributed by atoms with Crippen molar-refractivity contribution in [1.29, 1.82) is 0 Å². The van der Waals surface area contributed by atoms with Gasteiger partial charge in [0.25, 0.3) is 0 Å². The van der Waals surface area contributed by atoms with Crippen LogP contribution in [-0.4, -0.2) is 0 Å². The fourth-order valence-corrected chi connectivity index (χ4v) is 2.87. The first-order chi connectivity index (χ1) is 6.72. The van der Waals surface area contributed by atoms with Crippen LogP contribution in [0, 0.1) is 5.41 Å². The van der Waals surface area contributed by atoms with Gasteiger partial charge in [-0.25, -0.2) is 0 Å². The van der Waals surface area contributed by atoms with Crippen molar-refractivity contribution in [1.82, 2.24) is 0 Å². The molecule has 0 heterocycles. The Bertz CT molecular complexity index is 331. The summed E-state index contributed by atoms with van der Waals surface area (Å²) in [5.74, 6) is 0. The van der Waals surface area contributed by atoms with E-state index in [1.807, 2.05) is 12.1 Å². The van der Waals surface area contributed by atoms with E-state index in [4.69, 9.17) is 12.6 Å². The molecule has 83 valence electrons. The van der Waals surface area contributed by atoms with Gasteiger partial charge in [-0.05, 0) is 28.9 Å². The topological polar surface area (TPSA) is 0 Å². The van der Waals surface area contributed by atoms with E-state index >= 15 is 0 Å². The summed E-state index contributed by atoms with van der Waals surface area (Å²) in [4.78, 5) is 0.992. The van der Waals surface area contributed by atoms with Crippen molar-refractivity contribution in [2.45, 2.75) is 51.3 Å². The van der Waals surface area contributed by atoms with Crippen LogP contribution in [0.2, 0.25) is 0 Å². The molecule has 0 aliphatic carbocycles. The Balaban J connectivity index is 3.01. The Labute approximate surface area is 99.5 Å². The number of rotatable bonds is 2. The summed E-state index contributed by atoms with van der Waals surface area (Å²) in [5.41, 5.74) is 1.80. The first-order valence-corrected chi connectivity index (χ1v) is 5.90. The van der Waals surface area contributed by atoms with Gasteiger partial charge >= 0.3 is 0 Å². The highest BCUT2D eigenvalue weighted by molar-refractivity contribution is 7.80. The van der Waals surface area contributed by atoms with Crippen LogP contribution < -0.4 is 0 Å². The van der Waals surface area contributed by atoms with Crippen LogP contribution in [0.1, 0.15) is 46.6 Å². The molecule has 0 saturated carbocycles. The van der Waals surface area contributed by atoms with E-state index in [1.54, 1.807) is 0 Å². The summed E-state index contributed by atoms with van der Waals surface area (Å²) >= 11 is 5.39. The van der Waals surface area contributed by atoms with Gasteiger partial charge in [0.1, 0.15) is 0 Å². The molecule has 1 heteroatoms. The third-order valence-corrected chi connectivity index (χ3v) is 2.94. The highest BCUT2D eigenvalue weighted by Gasteiger charge is 2.28. The summed E-state index contributed by atoms with van der Waals surface area (Å²) in [5, 5.41) is 0. The highest BCUT2D eigenvalue weighted by atomic mass is 32.1. The molecule has 1 aromatic rings. The molecule has 0 fully saturated rings. The molecule has 1 radical (unpaired) electrons. The Morgan fingerprint density at radius 3 is 2.00 bits per heavy atom. The lowest BCUT2D eigenvalue weighted by Gasteiger charge is -2.33. The fraction of sp³-hybridized carbons (Fsp3) is 0.571. The number of hydrogen-bond donors (Lipinski definition) is 0. The second-order valence-electron chi connectivity index (χ2n) is 6.12. The van der Waals surface area contributed by atoms with Crippen LogP contribution in [0.5, 0.6) is 0 Å². The smallest absolute Gasteiger partial charge is 0.0414 e. The second kappa shape index (κ2) is 4.13. The molecule has 15 heavy (non-hydrogen) atoms. The first-order valence-electron chi connectivity index (χ1n) is 5.49. The zero-order chi connectivity index (χ0) is 11.7. The Kier molecular flexibility index (Phi) is 3.44. The maximum Gasteiger partial charge on any atom is 0.0414 e. The van der Waals surface area contributed by atoms with Gasteiger partial charge in [-0.2, -0.15) is 0 Å². The highest BCUT2D eigenvalue weighted by Crippen LogP contribution is 2.38. The van der Waals surface area contributed by atoms with E-state index < -0.39 is 0 Å². The molecule has 0 aliphatic rings. The van der Waals surface area contributed by atoms with Gasteiger partial charge in [-0.1, -0.05) is 65.4 Å². The molecular formula is C14H21S. The predicted octanol–water partition coefficient (Wildman–Crippen LogP) is 4.96. The quantitative estimate of drug-likeness (QED) is 0.662. The van der Waals surface area contributed by atoms with Crippen molar-refractivity contribution in [2.75, 3.05) is 0 Å². The van der Waals surface area contributed by atoms with Gasteiger partial charge in [-0.3, -0.25) is 0 Å². The molecule has 0 aliphatic heterocycles. The van der Waals surface area contributed by atoms with Gasteiger partial charge in [-0.15, -0.1) is 0 Å². The molecule has 1 rings (SSSR count). The monoisotopic (exact) mass is 221 g/mol. The van der Waals surface area contributed by atoms with Crippen molar-refractivity contribution >= 4 is 12.6 Å². The third-order valence-electron chi connectivity index (χ3n) is 2.59. The zero-order valence-corrected chi connectivity index (χ0v) is 11.2. The molecule has 0 bridgehead atoms. The molecule has 0 spiro atoms. The summed E-state index contributed by atoms with van der Waals surface area (Å²) in [6.07, 6.45) is 1.15. The van der Waals surface area contributed by atoms with Crippen molar-refractivity contribution in [3.05, 3.63) is 29.8 Å². The lowest BCUT2D eigenvalue weighted by Crippen LogP contribution is -2.25. The van der Waals surface area contributed by atoms with E-state index in [0.29, 0.717) is 5.41 Å². The molecule has 0 nitrogen and oxygen atoms in total. The number of benzene rings is 1. The molecule has 0 amide bonds. The van der Waals surface area contributed by atoms with Crippen molar-refractivity contribution in [3.8, 4) is 0 Å². The molecule has 0 atom stereocenters. The lowest BCUT2D eigenvalue weighted by atomic mass is 9.72. The minimum absolute atomic E-state index is 0.163. The lowest BCUT2D eigenvalue weighted by molar-refractivity contribution is 0.281. The predicted molar refractivity (Wildman–Crippen MR) is 69.4 cm³/mol. The average Bonchev–Trinajstić information content (AvgIpc) is 1.99. The van der Waals surface area contributed by atoms with Gasteiger partial charge in [0.2, 0.25) is 0 Å². The van der Waals surface area contributed by atoms with E-state index in [9.17, 15) is 0 Å². The van der Waals surface area contributed by atoms with Crippen LogP contribution in [0.3, 0.4) is 0 Å². The summed E-state index contributed by atoms with van der Waals surface area (Å²) in [7, 11) is 0. The normalized spacial score (nSPS) is 12.9. The zero-order valence-electron chi connectivity index (χ0n) is 10.4. The molecular weight excluding hydrogens is 200 g/mol. The molecule has 0 aromatic heterocycles. The van der Waals surface area contributed by atoms with Crippen LogP contribution in [0.4, 0.5) is 0 Å². The Morgan fingerprint density at radius 1 is 1.00 bits per heavy atom. The van der Waals surface area contributed by atoms with E-state index in [2.05, 4.69) is 46.8 Å². The maximum absolute atomic E-state index is 5.39. The average molecular weight is 221 g/mol. The molecule has 1 aromatic carbocycles. The Hall–Kier alpha value is -0.560. The van der Waals surface area contributed by atoms with Gasteiger partial charge in [0.05, 0.1) is 0 Å². The minimum atomic E-state index is 0.163. The van der Waals surface area contributed by atoms with Crippen molar-refractivity contribution in [2.24, 2.45) is 5.41 Å². The summed E-state index contributed by atoms with van der Waals surface area (Å²) in [6.45, 7) is 11.4. The van der Waals surface area contributed by atoms with Crippen LogP contribution in [0.25, 0.3) is 0 Å². The SMILES string of the molecule is CC(C)(C)CC(C)(C)c1ccccc1[S]. The number of hydrogen-bond acceptors (Lipinski definition) is 0. The van der Waals surface area contributed by atoms with Crippen LogP contribution in [0.15, 0.2) is 29.2 Å². The largest absolute Gasteiger partial charge is 0.0798 e.